The fourth-order valence-electron chi connectivity index (χ4n) is 2.38. The van der Waals surface area contributed by atoms with Crippen molar-refractivity contribution in [3.8, 4) is 11.5 Å². The van der Waals surface area contributed by atoms with Gasteiger partial charge in [-0.3, -0.25) is 0 Å². The molecule has 19 heavy (non-hydrogen) atoms. The van der Waals surface area contributed by atoms with Gasteiger partial charge in [0.2, 0.25) is 0 Å². The van der Waals surface area contributed by atoms with Crippen molar-refractivity contribution in [3.05, 3.63) is 23.8 Å². The van der Waals surface area contributed by atoms with Crippen LogP contribution in [0.4, 0.5) is 0 Å². The van der Waals surface area contributed by atoms with Crippen LogP contribution in [-0.2, 0) is 5.60 Å². The monoisotopic (exact) mass is 264 g/mol. The van der Waals surface area contributed by atoms with E-state index in [-0.39, 0.29) is 5.41 Å². The molecule has 1 aromatic carbocycles. The van der Waals surface area contributed by atoms with Crippen LogP contribution in [0.5, 0.6) is 11.5 Å². The van der Waals surface area contributed by atoms with Gasteiger partial charge in [-0.15, -0.1) is 0 Å². The Labute approximate surface area is 115 Å². The molecule has 106 valence electrons. The van der Waals surface area contributed by atoms with Crippen molar-refractivity contribution in [2.45, 2.75) is 46.1 Å². The lowest BCUT2D eigenvalue weighted by molar-refractivity contribution is -0.0129. The molecule has 1 aliphatic carbocycles. The van der Waals surface area contributed by atoms with Crippen LogP contribution >= 0.6 is 0 Å². The molecule has 3 nitrogen and oxygen atoms in total. The molecule has 0 bridgehead atoms. The summed E-state index contributed by atoms with van der Waals surface area (Å²) in [6.07, 6.45) is 2.13. The average Bonchev–Trinajstić information content (AvgIpc) is 3.12. The van der Waals surface area contributed by atoms with Crippen molar-refractivity contribution in [1.29, 1.82) is 0 Å². The highest BCUT2D eigenvalue weighted by molar-refractivity contribution is 5.45. The highest BCUT2D eigenvalue weighted by atomic mass is 16.5. The molecule has 0 spiro atoms. The predicted molar refractivity (Wildman–Crippen MR) is 75.7 cm³/mol. The van der Waals surface area contributed by atoms with Gasteiger partial charge >= 0.3 is 0 Å². The minimum absolute atomic E-state index is 0.0103. The van der Waals surface area contributed by atoms with Gasteiger partial charge in [0.1, 0.15) is 0 Å². The van der Waals surface area contributed by atoms with E-state index in [0.29, 0.717) is 19.0 Å². The van der Waals surface area contributed by atoms with Gasteiger partial charge in [-0.25, -0.2) is 0 Å². The molecule has 0 amide bonds. The fraction of sp³-hybridized carbons (Fsp3) is 0.625. The topological polar surface area (TPSA) is 38.7 Å². The number of hydrogen-bond donors (Lipinski definition) is 1. The SMILES string of the molecule is CCOc1ccc(C(C)(O)C2(C)CC2)cc1OCC. The van der Waals surface area contributed by atoms with Crippen molar-refractivity contribution in [2.75, 3.05) is 13.2 Å². The molecule has 0 radical (unpaired) electrons. The Morgan fingerprint density at radius 1 is 1.16 bits per heavy atom. The highest BCUT2D eigenvalue weighted by Crippen LogP contribution is 2.58. The molecule has 1 aromatic rings. The summed E-state index contributed by atoms with van der Waals surface area (Å²) in [5, 5.41) is 10.8. The van der Waals surface area contributed by atoms with Crippen molar-refractivity contribution in [2.24, 2.45) is 5.41 Å². The minimum atomic E-state index is -0.816. The molecule has 0 aromatic heterocycles. The van der Waals surface area contributed by atoms with E-state index in [1.165, 1.54) is 0 Å². The van der Waals surface area contributed by atoms with Crippen molar-refractivity contribution < 1.29 is 14.6 Å². The molecule has 1 atom stereocenters. The Hall–Kier alpha value is -1.22. The largest absolute Gasteiger partial charge is 0.490 e. The second-order valence-electron chi connectivity index (χ2n) is 5.66. The quantitative estimate of drug-likeness (QED) is 0.854. The van der Waals surface area contributed by atoms with Gasteiger partial charge in [-0.05, 0) is 51.3 Å². The molecule has 2 rings (SSSR count). The lowest BCUT2D eigenvalue weighted by atomic mass is 9.81. The number of aliphatic hydroxyl groups is 1. The summed E-state index contributed by atoms with van der Waals surface area (Å²) < 4.78 is 11.2. The van der Waals surface area contributed by atoms with Crippen LogP contribution in [0.2, 0.25) is 0 Å². The molecule has 1 N–H and O–H groups in total. The van der Waals surface area contributed by atoms with E-state index in [1.807, 2.05) is 39.0 Å². The first-order valence-corrected chi connectivity index (χ1v) is 7.07. The minimum Gasteiger partial charge on any atom is -0.490 e. The van der Waals surface area contributed by atoms with E-state index in [1.54, 1.807) is 0 Å². The Bertz CT molecular complexity index is 447. The first kappa shape index (κ1) is 14.2. The van der Waals surface area contributed by atoms with Gasteiger partial charge in [0.25, 0.3) is 0 Å². The van der Waals surface area contributed by atoms with Gasteiger partial charge in [0.15, 0.2) is 11.5 Å². The van der Waals surface area contributed by atoms with Crippen LogP contribution in [0.15, 0.2) is 18.2 Å². The Morgan fingerprint density at radius 3 is 2.26 bits per heavy atom. The summed E-state index contributed by atoms with van der Waals surface area (Å²) in [6, 6.07) is 5.75. The molecule has 1 unspecified atom stereocenters. The maximum absolute atomic E-state index is 10.8. The zero-order valence-corrected chi connectivity index (χ0v) is 12.3. The third kappa shape index (κ3) is 2.57. The standard InChI is InChI=1S/C16H24O3/c1-5-18-13-8-7-12(11-14(13)19-6-2)16(4,17)15(3)9-10-15/h7-8,11,17H,5-6,9-10H2,1-4H3. The Kier molecular flexibility index (Phi) is 3.77. The van der Waals surface area contributed by atoms with Crippen molar-refractivity contribution >= 4 is 0 Å². The number of rotatable bonds is 6. The maximum Gasteiger partial charge on any atom is 0.161 e. The Balaban J connectivity index is 2.34. The molecule has 1 fully saturated rings. The van der Waals surface area contributed by atoms with E-state index < -0.39 is 5.60 Å². The van der Waals surface area contributed by atoms with Crippen LogP contribution in [0.3, 0.4) is 0 Å². The van der Waals surface area contributed by atoms with E-state index in [0.717, 1.165) is 24.2 Å². The zero-order chi connectivity index (χ0) is 14.1. The summed E-state index contributed by atoms with van der Waals surface area (Å²) in [4.78, 5) is 0. The smallest absolute Gasteiger partial charge is 0.161 e. The van der Waals surface area contributed by atoms with Crippen LogP contribution < -0.4 is 9.47 Å². The molecule has 0 heterocycles. The molecule has 1 saturated carbocycles. The summed E-state index contributed by atoms with van der Waals surface area (Å²) in [5.74, 6) is 1.45. The third-order valence-electron chi connectivity index (χ3n) is 4.28. The van der Waals surface area contributed by atoms with Gasteiger partial charge in [0.05, 0.1) is 18.8 Å². The maximum atomic E-state index is 10.8. The van der Waals surface area contributed by atoms with E-state index in [9.17, 15) is 5.11 Å². The van der Waals surface area contributed by atoms with Crippen LogP contribution in [0.1, 0.15) is 46.1 Å². The fourth-order valence-corrected chi connectivity index (χ4v) is 2.38. The lowest BCUT2D eigenvalue weighted by Gasteiger charge is -2.31. The second kappa shape index (κ2) is 5.04. The van der Waals surface area contributed by atoms with Crippen molar-refractivity contribution in [3.63, 3.8) is 0 Å². The van der Waals surface area contributed by atoms with Gasteiger partial charge in [-0.1, -0.05) is 13.0 Å². The van der Waals surface area contributed by atoms with Crippen LogP contribution in [0.25, 0.3) is 0 Å². The van der Waals surface area contributed by atoms with E-state index >= 15 is 0 Å². The summed E-state index contributed by atoms with van der Waals surface area (Å²) in [6.45, 7) is 9.11. The lowest BCUT2D eigenvalue weighted by Crippen LogP contribution is -2.31. The van der Waals surface area contributed by atoms with E-state index in [2.05, 4.69) is 6.92 Å². The van der Waals surface area contributed by atoms with Crippen LogP contribution in [-0.4, -0.2) is 18.3 Å². The van der Waals surface area contributed by atoms with Gasteiger partial charge < -0.3 is 14.6 Å². The molecule has 0 saturated heterocycles. The number of hydrogen-bond acceptors (Lipinski definition) is 3. The number of benzene rings is 1. The Morgan fingerprint density at radius 2 is 1.74 bits per heavy atom. The zero-order valence-electron chi connectivity index (χ0n) is 12.3. The third-order valence-corrected chi connectivity index (χ3v) is 4.28. The molecule has 1 aliphatic rings. The summed E-state index contributed by atoms with van der Waals surface area (Å²) >= 11 is 0. The molecular formula is C16H24O3. The van der Waals surface area contributed by atoms with Gasteiger partial charge in [-0.2, -0.15) is 0 Å². The van der Waals surface area contributed by atoms with Crippen molar-refractivity contribution in [1.82, 2.24) is 0 Å². The average molecular weight is 264 g/mol. The number of ether oxygens (including phenoxy) is 2. The van der Waals surface area contributed by atoms with E-state index in [4.69, 9.17) is 9.47 Å². The normalized spacial score (nSPS) is 19.6. The second-order valence-corrected chi connectivity index (χ2v) is 5.66. The first-order chi connectivity index (χ1) is 8.94. The summed E-state index contributed by atoms with van der Waals surface area (Å²) in [7, 11) is 0. The molecule has 3 heteroatoms. The first-order valence-electron chi connectivity index (χ1n) is 7.07. The summed E-state index contributed by atoms with van der Waals surface area (Å²) in [5.41, 5.74) is 0.0760. The molecular weight excluding hydrogens is 240 g/mol. The van der Waals surface area contributed by atoms with Gasteiger partial charge in [0, 0.05) is 5.41 Å². The van der Waals surface area contributed by atoms with Crippen LogP contribution in [0, 0.1) is 5.41 Å². The predicted octanol–water partition coefficient (Wildman–Crippen LogP) is 3.49. The molecule has 0 aliphatic heterocycles. The highest BCUT2D eigenvalue weighted by Gasteiger charge is 2.53.